The molecule has 0 aromatic heterocycles. The van der Waals surface area contributed by atoms with Crippen LogP contribution in [-0.4, -0.2) is 35.7 Å². The van der Waals surface area contributed by atoms with Gasteiger partial charge in [-0.05, 0) is 43.4 Å². The Morgan fingerprint density at radius 3 is 2.18 bits per heavy atom. The minimum Gasteiger partial charge on any atom is -0.458 e. The number of carbonyl (C=O) groups is 3. The molecule has 0 heterocycles. The second-order valence-corrected chi connectivity index (χ2v) is 7.35. The smallest absolute Gasteiger partial charge is 0.303 e. The summed E-state index contributed by atoms with van der Waals surface area (Å²) in [7, 11) is 0. The molecule has 0 fully saturated rings. The lowest BCUT2D eigenvalue weighted by molar-refractivity contribution is -0.173. The Bertz CT molecular complexity index is 739. The molecule has 1 aliphatic carbocycles. The lowest BCUT2D eigenvalue weighted by Crippen LogP contribution is -2.47. The summed E-state index contributed by atoms with van der Waals surface area (Å²) in [6, 6.07) is 10.1. The zero-order chi connectivity index (χ0) is 20.7. The molecule has 0 bridgehead atoms. The fourth-order valence-electron chi connectivity index (χ4n) is 3.68. The van der Waals surface area contributed by atoms with Crippen molar-refractivity contribution in [1.29, 1.82) is 0 Å². The third-order valence-electron chi connectivity index (χ3n) is 4.56. The van der Waals surface area contributed by atoms with Crippen LogP contribution >= 0.6 is 0 Å². The van der Waals surface area contributed by atoms with Gasteiger partial charge in [-0.25, -0.2) is 0 Å². The van der Waals surface area contributed by atoms with Gasteiger partial charge in [-0.15, -0.1) is 0 Å². The van der Waals surface area contributed by atoms with E-state index in [-0.39, 0.29) is 6.42 Å². The number of hydrogen-bond acceptors (Lipinski definition) is 6. The van der Waals surface area contributed by atoms with E-state index in [0.717, 1.165) is 18.4 Å². The molecule has 0 spiro atoms. The van der Waals surface area contributed by atoms with E-state index in [2.05, 4.69) is 12.1 Å². The van der Waals surface area contributed by atoms with Gasteiger partial charge in [0.25, 0.3) is 0 Å². The van der Waals surface area contributed by atoms with E-state index in [1.54, 1.807) is 6.92 Å². The van der Waals surface area contributed by atoms with Crippen molar-refractivity contribution >= 4 is 17.9 Å². The van der Waals surface area contributed by atoms with Crippen molar-refractivity contribution in [2.24, 2.45) is 0 Å². The van der Waals surface area contributed by atoms with Crippen LogP contribution in [0, 0.1) is 0 Å². The first-order chi connectivity index (χ1) is 13.2. The molecule has 6 nitrogen and oxygen atoms in total. The molecule has 1 aromatic carbocycles. The van der Waals surface area contributed by atoms with Crippen LogP contribution in [0.3, 0.4) is 0 Å². The lowest BCUT2D eigenvalue weighted by Gasteiger charge is -2.39. The second-order valence-electron chi connectivity index (χ2n) is 7.35. The molecule has 1 aliphatic rings. The van der Waals surface area contributed by atoms with Crippen molar-refractivity contribution in [2.75, 3.05) is 0 Å². The van der Waals surface area contributed by atoms with Crippen LogP contribution in [-0.2, 0) is 35.0 Å². The molecular formula is C22H28O6. The summed E-state index contributed by atoms with van der Waals surface area (Å²) in [4.78, 5) is 34.8. The van der Waals surface area contributed by atoms with Gasteiger partial charge in [0, 0.05) is 27.2 Å². The molecule has 28 heavy (non-hydrogen) atoms. The molecule has 6 heteroatoms. The van der Waals surface area contributed by atoms with Crippen LogP contribution in [0.2, 0.25) is 0 Å². The van der Waals surface area contributed by atoms with E-state index in [1.807, 2.05) is 24.3 Å². The van der Waals surface area contributed by atoms with Gasteiger partial charge in [-0.1, -0.05) is 30.3 Å². The maximum Gasteiger partial charge on any atom is 0.303 e. The fraction of sp³-hybridized carbons (Fsp3) is 0.500. The number of ether oxygens (including phenoxy) is 3. The number of hydrogen-bond donors (Lipinski definition) is 0. The van der Waals surface area contributed by atoms with Crippen molar-refractivity contribution in [2.45, 2.75) is 71.2 Å². The molecule has 0 amide bonds. The largest absolute Gasteiger partial charge is 0.458 e. The van der Waals surface area contributed by atoms with Gasteiger partial charge >= 0.3 is 17.9 Å². The Kier molecular flexibility index (Phi) is 7.38. The lowest BCUT2D eigenvalue weighted by atomic mass is 9.81. The molecule has 2 rings (SSSR count). The molecule has 3 unspecified atom stereocenters. The summed E-state index contributed by atoms with van der Waals surface area (Å²) >= 11 is 0. The quantitative estimate of drug-likeness (QED) is 0.404. The molecule has 1 aromatic rings. The Hall–Kier alpha value is -2.63. The summed E-state index contributed by atoms with van der Waals surface area (Å²) in [5.74, 6) is -1.35. The number of esters is 3. The Balaban J connectivity index is 2.24. The van der Waals surface area contributed by atoms with E-state index in [0.29, 0.717) is 6.42 Å². The van der Waals surface area contributed by atoms with E-state index in [4.69, 9.17) is 14.2 Å². The summed E-state index contributed by atoms with van der Waals surface area (Å²) < 4.78 is 16.4. The van der Waals surface area contributed by atoms with Gasteiger partial charge in [0.15, 0.2) is 6.10 Å². The molecule has 0 aliphatic heterocycles. The maximum absolute atomic E-state index is 11.6. The topological polar surface area (TPSA) is 78.9 Å². The summed E-state index contributed by atoms with van der Waals surface area (Å²) in [5, 5.41) is 0. The van der Waals surface area contributed by atoms with E-state index in [9.17, 15) is 14.4 Å². The van der Waals surface area contributed by atoms with Gasteiger partial charge in [0.2, 0.25) is 0 Å². The minimum absolute atomic E-state index is 0.228. The van der Waals surface area contributed by atoms with Gasteiger partial charge in [0.1, 0.15) is 11.7 Å². The van der Waals surface area contributed by atoms with Crippen LogP contribution in [0.1, 0.15) is 52.5 Å². The highest BCUT2D eigenvalue weighted by Crippen LogP contribution is 2.36. The van der Waals surface area contributed by atoms with Crippen molar-refractivity contribution in [3.8, 4) is 0 Å². The van der Waals surface area contributed by atoms with Crippen molar-refractivity contribution in [3.63, 3.8) is 0 Å². The van der Waals surface area contributed by atoms with Crippen molar-refractivity contribution in [1.82, 2.24) is 0 Å². The van der Waals surface area contributed by atoms with Crippen molar-refractivity contribution in [3.05, 3.63) is 47.5 Å². The van der Waals surface area contributed by atoms with Gasteiger partial charge in [0.05, 0.1) is 0 Å². The van der Waals surface area contributed by atoms with E-state index in [1.165, 1.54) is 26.3 Å². The van der Waals surface area contributed by atoms with Crippen LogP contribution in [0.25, 0.3) is 0 Å². The average Bonchev–Trinajstić information content (AvgIpc) is 2.57. The normalized spacial score (nSPS) is 24.1. The first-order valence-corrected chi connectivity index (χ1v) is 9.48. The molecular weight excluding hydrogens is 360 g/mol. The zero-order valence-corrected chi connectivity index (χ0v) is 16.9. The third-order valence-corrected chi connectivity index (χ3v) is 4.56. The molecule has 0 saturated heterocycles. The SMILES string of the molecule is CC(=O)OC1CC(C)(OC(C)=O)C=C(CCCc2ccccc2)C1OC(C)=O. The van der Waals surface area contributed by atoms with Gasteiger partial charge < -0.3 is 14.2 Å². The highest BCUT2D eigenvalue weighted by atomic mass is 16.6. The number of benzene rings is 1. The highest BCUT2D eigenvalue weighted by Gasteiger charge is 2.43. The fourth-order valence-corrected chi connectivity index (χ4v) is 3.68. The Morgan fingerprint density at radius 1 is 0.964 bits per heavy atom. The third kappa shape index (κ3) is 6.51. The van der Waals surface area contributed by atoms with Crippen molar-refractivity contribution < 1.29 is 28.6 Å². The average molecular weight is 388 g/mol. The van der Waals surface area contributed by atoms with Gasteiger partial charge in [-0.2, -0.15) is 0 Å². The number of aryl methyl sites for hydroxylation is 1. The van der Waals surface area contributed by atoms with Gasteiger partial charge in [-0.3, -0.25) is 14.4 Å². The van der Waals surface area contributed by atoms with Crippen LogP contribution in [0.5, 0.6) is 0 Å². The standard InChI is InChI=1S/C22H28O6/c1-15(23)26-20-14-22(4,28-17(3)25)13-19(21(20)27-16(2)24)12-8-11-18-9-6-5-7-10-18/h5-7,9-10,13,20-21H,8,11-12,14H2,1-4H3. The van der Waals surface area contributed by atoms with Crippen LogP contribution in [0.4, 0.5) is 0 Å². The highest BCUT2D eigenvalue weighted by molar-refractivity contribution is 5.68. The molecule has 3 atom stereocenters. The zero-order valence-electron chi connectivity index (χ0n) is 16.9. The second kappa shape index (κ2) is 9.53. The van der Waals surface area contributed by atoms with Crippen LogP contribution < -0.4 is 0 Å². The molecule has 0 N–H and O–H groups in total. The summed E-state index contributed by atoms with van der Waals surface area (Å²) in [5.41, 5.74) is 1.08. The summed E-state index contributed by atoms with van der Waals surface area (Å²) in [6.07, 6.45) is 2.98. The summed E-state index contributed by atoms with van der Waals surface area (Å²) in [6.45, 7) is 5.74. The van der Waals surface area contributed by atoms with E-state index < -0.39 is 35.7 Å². The predicted octanol–water partition coefficient (Wildman–Crippen LogP) is 3.52. The maximum atomic E-state index is 11.6. The predicted molar refractivity (Wildman–Crippen MR) is 103 cm³/mol. The van der Waals surface area contributed by atoms with Crippen LogP contribution in [0.15, 0.2) is 42.0 Å². The first-order valence-electron chi connectivity index (χ1n) is 9.48. The number of rotatable bonds is 7. The minimum atomic E-state index is -0.926. The molecule has 0 radical (unpaired) electrons. The number of carbonyl (C=O) groups excluding carboxylic acids is 3. The Morgan fingerprint density at radius 2 is 1.61 bits per heavy atom. The van der Waals surface area contributed by atoms with E-state index >= 15 is 0 Å². The molecule has 0 saturated carbocycles. The first kappa shape index (κ1) is 21.7. The Labute approximate surface area is 165 Å². The molecule has 152 valence electrons. The monoisotopic (exact) mass is 388 g/mol.